The van der Waals surface area contributed by atoms with E-state index >= 15 is 0 Å². The molecule has 0 atom stereocenters. The molecule has 1 heteroatoms. The van der Waals surface area contributed by atoms with E-state index in [9.17, 15) is 0 Å². The molecule has 2 aliphatic carbocycles. The van der Waals surface area contributed by atoms with Gasteiger partial charge in [0.1, 0.15) is 0 Å². The first-order valence-corrected chi connectivity index (χ1v) is 8.50. The lowest BCUT2D eigenvalue weighted by molar-refractivity contribution is 0.660. The Morgan fingerprint density at radius 3 is 2.48 bits per heavy atom. The van der Waals surface area contributed by atoms with Crippen molar-refractivity contribution in [2.45, 2.75) is 25.7 Å². The topological polar surface area (TPSA) is 0 Å². The molecule has 0 N–H and O–H groups in total. The highest BCUT2D eigenvalue weighted by atomic mass is 35.5. The summed E-state index contributed by atoms with van der Waals surface area (Å²) in [6, 6.07) is 19.8. The summed E-state index contributed by atoms with van der Waals surface area (Å²) in [4.78, 5) is 0. The number of rotatable bonds is 0. The quantitative estimate of drug-likeness (QED) is 0.361. The molecule has 0 heterocycles. The monoisotopic (exact) mass is 316 g/mol. The maximum atomic E-state index is 6.21. The van der Waals surface area contributed by atoms with Gasteiger partial charge in [0, 0.05) is 10.4 Å². The molecule has 0 fully saturated rings. The van der Waals surface area contributed by atoms with E-state index in [0.717, 1.165) is 11.4 Å². The van der Waals surface area contributed by atoms with Crippen LogP contribution in [0.1, 0.15) is 36.1 Å². The van der Waals surface area contributed by atoms with Crippen molar-refractivity contribution in [1.82, 2.24) is 0 Å². The Labute approximate surface area is 141 Å². The van der Waals surface area contributed by atoms with Crippen molar-refractivity contribution in [2.75, 3.05) is 0 Å². The predicted octanol–water partition coefficient (Wildman–Crippen LogP) is 6.22. The zero-order chi connectivity index (χ0) is 15.8. The Morgan fingerprint density at radius 2 is 1.61 bits per heavy atom. The summed E-state index contributed by atoms with van der Waals surface area (Å²) in [6.07, 6.45) is 0.987. The second kappa shape index (κ2) is 4.27. The molecule has 0 amide bonds. The zero-order valence-corrected chi connectivity index (χ0v) is 14.0. The Hall–Kier alpha value is -2.05. The highest BCUT2D eigenvalue weighted by Crippen LogP contribution is 2.55. The largest absolute Gasteiger partial charge is 0.0843 e. The van der Waals surface area contributed by atoms with Crippen molar-refractivity contribution in [3.63, 3.8) is 0 Å². The fraction of sp³-hybridized carbons (Fsp3) is 0.182. The normalized spacial score (nSPS) is 15.8. The standard InChI is InChI=1S/C22H17Cl/c1-22(2)18-6-4-3-5-17(18)21-19(22)10-7-13-11-14-12-15(23)8-9-16(14)20(13)21/h3-10,12H,11H2,1-2H3. The minimum Gasteiger partial charge on any atom is -0.0843 e. The van der Waals surface area contributed by atoms with Crippen molar-refractivity contribution >= 4 is 11.6 Å². The Bertz CT molecular complexity index is 979. The number of fused-ring (bicyclic) bond motifs is 7. The highest BCUT2D eigenvalue weighted by Gasteiger charge is 2.38. The van der Waals surface area contributed by atoms with Crippen LogP contribution in [0, 0.1) is 0 Å². The predicted molar refractivity (Wildman–Crippen MR) is 97.3 cm³/mol. The van der Waals surface area contributed by atoms with Crippen molar-refractivity contribution in [2.24, 2.45) is 0 Å². The van der Waals surface area contributed by atoms with Gasteiger partial charge >= 0.3 is 0 Å². The molecule has 23 heavy (non-hydrogen) atoms. The summed E-state index contributed by atoms with van der Waals surface area (Å²) in [5.74, 6) is 0. The van der Waals surface area contributed by atoms with Gasteiger partial charge in [-0.15, -0.1) is 0 Å². The average molecular weight is 317 g/mol. The molecule has 112 valence electrons. The SMILES string of the molecule is CC1(C)c2ccccc2-c2c1ccc1c2-c2ccc(Cl)cc2C1. The van der Waals surface area contributed by atoms with Gasteiger partial charge in [-0.2, -0.15) is 0 Å². The van der Waals surface area contributed by atoms with Crippen LogP contribution in [0.4, 0.5) is 0 Å². The molecule has 0 saturated carbocycles. The number of hydrogen-bond donors (Lipinski definition) is 0. The fourth-order valence-corrected chi connectivity index (χ4v) is 4.64. The van der Waals surface area contributed by atoms with Gasteiger partial charge in [-0.05, 0) is 63.1 Å². The Balaban J connectivity index is 1.90. The molecule has 3 aromatic rings. The number of benzene rings is 3. The van der Waals surface area contributed by atoms with Gasteiger partial charge in [0.2, 0.25) is 0 Å². The lowest BCUT2D eigenvalue weighted by atomic mass is 9.82. The lowest BCUT2D eigenvalue weighted by Crippen LogP contribution is -2.14. The first-order valence-electron chi connectivity index (χ1n) is 8.12. The summed E-state index contributed by atoms with van der Waals surface area (Å²) in [6.45, 7) is 4.67. The molecular formula is C22H17Cl. The molecule has 0 nitrogen and oxygen atoms in total. The van der Waals surface area contributed by atoms with E-state index in [4.69, 9.17) is 11.6 Å². The van der Waals surface area contributed by atoms with Crippen LogP contribution in [0.15, 0.2) is 54.6 Å². The molecule has 0 bridgehead atoms. The van der Waals surface area contributed by atoms with Crippen LogP contribution in [-0.2, 0) is 11.8 Å². The molecule has 0 radical (unpaired) electrons. The molecular weight excluding hydrogens is 300 g/mol. The van der Waals surface area contributed by atoms with E-state index < -0.39 is 0 Å². The summed E-state index contributed by atoms with van der Waals surface area (Å²) >= 11 is 6.21. The second-order valence-corrected chi connectivity index (χ2v) is 7.61. The first-order chi connectivity index (χ1) is 11.1. The van der Waals surface area contributed by atoms with Crippen LogP contribution in [0.25, 0.3) is 22.3 Å². The highest BCUT2D eigenvalue weighted by molar-refractivity contribution is 6.30. The molecule has 0 aromatic heterocycles. The average Bonchev–Trinajstić information content (AvgIpc) is 3.01. The number of halogens is 1. The van der Waals surface area contributed by atoms with Crippen molar-refractivity contribution in [1.29, 1.82) is 0 Å². The maximum absolute atomic E-state index is 6.21. The van der Waals surface area contributed by atoms with Gasteiger partial charge in [0.25, 0.3) is 0 Å². The van der Waals surface area contributed by atoms with Gasteiger partial charge in [-0.25, -0.2) is 0 Å². The van der Waals surface area contributed by atoms with Crippen molar-refractivity contribution < 1.29 is 0 Å². The third-order valence-electron chi connectivity index (χ3n) is 5.55. The fourth-order valence-electron chi connectivity index (χ4n) is 4.45. The van der Waals surface area contributed by atoms with Crippen LogP contribution in [-0.4, -0.2) is 0 Å². The van der Waals surface area contributed by atoms with Crippen LogP contribution in [0.3, 0.4) is 0 Å². The van der Waals surface area contributed by atoms with Gasteiger partial charge in [-0.1, -0.05) is 67.9 Å². The summed E-state index contributed by atoms with van der Waals surface area (Å²) < 4.78 is 0. The smallest absolute Gasteiger partial charge is 0.0409 e. The Morgan fingerprint density at radius 1 is 0.783 bits per heavy atom. The van der Waals surface area contributed by atoms with E-state index in [1.165, 1.54) is 44.5 Å². The van der Waals surface area contributed by atoms with Crippen LogP contribution in [0.5, 0.6) is 0 Å². The third-order valence-corrected chi connectivity index (χ3v) is 5.79. The molecule has 0 unspecified atom stereocenters. The lowest BCUT2D eigenvalue weighted by Gasteiger charge is -2.21. The van der Waals surface area contributed by atoms with E-state index in [2.05, 4.69) is 62.4 Å². The minimum atomic E-state index is 0.0656. The Kier molecular flexibility index (Phi) is 2.49. The maximum Gasteiger partial charge on any atom is 0.0409 e. The molecule has 3 aromatic carbocycles. The van der Waals surface area contributed by atoms with Gasteiger partial charge in [-0.3, -0.25) is 0 Å². The van der Waals surface area contributed by atoms with E-state index in [1.807, 2.05) is 6.07 Å². The zero-order valence-electron chi connectivity index (χ0n) is 13.3. The van der Waals surface area contributed by atoms with Crippen molar-refractivity contribution in [3.05, 3.63) is 81.9 Å². The molecule has 0 saturated heterocycles. The summed E-state index contributed by atoms with van der Waals surface area (Å²) in [7, 11) is 0. The van der Waals surface area contributed by atoms with Crippen LogP contribution in [0.2, 0.25) is 5.02 Å². The van der Waals surface area contributed by atoms with E-state index in [-0.39, 0.29) is 5.41 Å². The third kappa shape index (κ3) is 1.62. The molecule has 0 aliphatic heterocycles. The first kappa shape index (κ1) is 13.4. The minimum absolute atomic E-state index is 0.0656. The summed E-state index contributed by atoms with van der Waals surface area (Å²) in [5, 5.41) is 0.828. The van der Waals surface area contributed by atoms with Crippen molar-refractivity contribution in [3.8, 4) is 22.3 Å². The van der Waals surface area contributed by atoms with Gasteiger partial charge in [0.15, 0.2) is 0 Å². The molecule has 5 rings (SSSR count). The van der Waals surface area contributed by atoms with Crippen LogP contribution >= 0.6 is 11.6 Å². The van der Waals surface area contributed by atoms with Gasteiger partial charge in [0.05, 0.1) is 0 Å². The van der Waals surface area contributed by atoms with Crippen LogP contribution < -0.4 is 0 Å². The molecule has 2 aliphatic rings. The summed E-state index contributed by atoms with van der Waals surface area (Å²) in [5.41, 5.74) is 11.3. The molecule has 0 spiro atoms. The second-order valence-electron chi connectivity index (χ2n) is 7.17. The van der Waals surface area contributed by atoms with E-state index in [1.54, 1.807) is 0 Å². The van der Waals surface area contributed by atoms with E-state index in [0.29, 0.717) is 0 Å². The number of hydrogen-bond acceptors (Lipinski definition) is 0. The van der Waals surface area contributed by atoms with Gasteiger partial charge < -0.3 is 0 Å².